The van der Waals surface area contributed by atoms with Crippen LogP contribution in [0.1, 0.15) is 23.3 Å². The highest BCUT2D eigenvalue weighted by atomic mass is 32.1. The smallest absolute Gasteiger partial charge is 0.0176 e. The van der Waals surface area contributed by atoms with Crippen LogP contribution in [0.2, 0.25) is 0 Å². The molecule has 0 spiro atoms. The Labute approximate surface area is 59.5 Å². The second-order valence-electron chi connectivity index (χ2n) is 2.29. The predicted octanol–water partition coefficient (Wildman–Crippen LogP) is 2.51. The van der Waals surface area contributed by atoms with Gasteiger partial charge in [0.05, 0.1) is 0 Å². The molecular formula is C8H8S. The first kappa shape index (κ1) is 5.48. The fourth-order valence-corrected chi connectivity index (χ4v) is 2.06. The molecule has 1 heterocycles. The number of aryl methyl sites for hydroxylation is 1. The van der Waals surface area contributed by atoms with Crippen molar-refractivity contribution in [1.82, 2.24) is 0 Å². The molecule has 0 bridgehead atoms. The van der Waals surface area contributed by atoms with Gasteiger partial charge in [-0.25, -0.2) is 0 Å². The summed E-state index contributed by atoms with van der Waals surface area (Å²) in [7, 11) is 0. The van der Waals surface area contributed by atoms with Crippen molar-refractivity contribution in [3.63, 3.8) is 0 Å². The summed E-state index contributed by atoms with van der Waals surface area (Å²) in [5.74, 6) is 0. The Morgan fingerprint density at radius 3 is 3.44 bits per heavy atom. The Morgan fingerprint density at radius 2 is 2.56 bits per heavy atom. The van der Waals surface area contributed by atoms with Gasteiger partial charge >= 0.3 is 0 Å². The van der Waals surface area contributed by atoms with Crippen molar-refractivity contribution in [1.29, 1.82) is 0 Å². The Bertz CT molecular complexity index is 180. The fraction of sp³-hybridized carbons (Fsp3) is 0.375. The summed E-state index contributed by atoms with van der Waals surface area (Å²) >= 11 is 1.86. The molecule has 9 heavy (non-hydrogen) atoms. The molecule has 0 amide bonds. The minimum Gasteiger partial charge on any atom is -0.149 e. The molecule has 2 rings (SSSR count). The topological polar surface area (TPSA) is 0 Å². The van der Waals surface area contributed by atoms with Crippen molar-refractivity contribution in [2.45, 2.75) is 19.3 Å². The maximum Gasteiger partial charge on any atom is 0.0176 e. The molecule has 0 aliphatic heterocycles. The highest BCUT2D eigenvalue weighted by molar-refractivity contribution is 7.10. The van der Waals surface area contributed by atoms with Gasteiger partial charge in [0.15, 0.2) is 0 Å². The maximum absolute atomic E-state index is 3.35. The van der Waals surface area contributed by atoms with Gasteiger partial charge in [-0.3, -0.25) is 0 Å². The second-order valence-corrected chi connectivity index (χ2v) is 3.29. The van der Waals surface area contributed by atoms with E-state index in [1.54, 1.807) is 0 Å². The maximum atomic E-state index is 3.35. The van der Waals surface area contributed by atoms with Crippen LogP contribution in [0.25, 0.3) is 0 Å². The quantitative estimate of drug-likeness (QED) is 0.514. The lowest BCUT2D eigenvalue weighted by molar-refractivity contribution is 0.789. The van der Waals surface area contributed by atoms with E-state index < -0.39 is 0 Å². The molecule has 0 aromatic carbocycles. The number of thiophene rings is 1. The van der Waals surface area contributed by atoms with Crippen LogP contribution >= 0.6 is 11.3 Å². The van der Waals surface area contributed by atoms with Gasteiger partial charge in [-0.2, -0.15) is 0 Å². The standard InChI is InChI=1S/C8H8S/c1-2-4-8-7(3-1)5-6-9-8/h5-6H,1-2,4H2. The van der Waals surface area contributed by atoms with E-state index in [2.05, 4.69) is 17.9 Å². The summed E-state index contributed by atoms with van der Waals surface area (Å²) in [6.45, 7) is 0. The molecular weight excluding hydrogens is 128 g/mol. The molecule has 0 fully saturated rings. The van der Waals surface area contributed by atoms with Crippen LogP contribution in [-0.4, -0.2) is 0 Å². The van der Waals surface area contributed by atoms with E-state index in [4.69, 9.17) is 0 Å². The van der Waals surface area contributed by atoms with Crippen molar-refractivity contribution < 1.29 is 0 Å². The molecule has 0 atom stereocenters. The second kappa shape index (κ2) is 2.14. The molecule has 0 saturated carbocycles. The molecule has 46 valence electrons. The van der Waals surface area contributed by atoms with Crippen molar-refractivity contribution in [2.75, 3.05) is 0 Å². The van der Waals surface area contributed by atoms with Crippen LogP contribution in [-0.2, 0) is 6.42 Å². The third kappa shape index (κ3) is 0.897. The summed E-state index contributed by atoms with van der Waals surface area (Å²) in [4.78, 5) is 1.53. The van der Waals surface area contributed by atoms with Gasteiger partial charge in [0.2, 0.25) is 0 Å². The van der Waals surface area contributed by atoms with Gasteiger partial charge in [-0.05, 0) is 36.3 Å². The lowest BCUT2D eigenvalue weighted by Gasteiger charge is -2.07. The molecule has 1 heteroatoms. The molecule has 0 unspecified atom stereocenters. The zero-order valence-electron chi connectivity index (χ0n) is 5.18. The van der Waals surface area contributed by atoms with Gasteiger partial charge in [0, 0.05) is 11.3 Å². The Morgan fingerprint density at radius 1 is 1.56 bits per heavy atom. The summed E-state index contributed by atoms with van der Waals surface area (Å²) < 4.78 is 0. The Balaban J connectivity index is 2.39. The third-order valence-electron chi connectivity index (χ3n) is 1.64. The minimum absolute atomic E-state index is 1.16. The number of hydrogen-bond donors (Lipinski definition) is 0. The first-order valence-corrected chi connectivity index (χ1v) is 4.15. The number of rotatable bonds is 0. The van der Waals surface area contributed by atoms with Gasteiger partial charge in [-0.15, -0.1) is 11.3 Å². The minimum atomic E-state index is 1.16. The monoisotopic (exact) mass is 136 g/mol. The summed E-state index contributed by atoms with van der Waals surface area (Å²) in [5, 5.41) is 2.16. The molecule has 1 aromatic heterocycles. The molecule has 0 nitrogen and oxygen atoms in total. The van der Waals surface area contributed by atoms with Crippen molar-refractivity contribution in [3.8, 4) is 0 Å². The summed E-state index contributed by atoms with van der Waals surface area (Å²) in [6, 6.07) is 2.17. The lowest BCUT2D eigenvalue weighted by atomic mass is 10.00. The molecule has 0 saturated heterocycles. The Kier molecular flexibility index (Phi) is 1.31. The van der Waals surface area contributed by atoms with Crippen LogP contribution in [0.15, 0.2) is 11.4 Å². The van der Waals surface area contributed by atoms with Gasteiger partial charge in [0.1, 0.15) is 0 Å². The summed E-state index contributed by atoms with van der Waals surface area (Å²) in [5.41, 5.74) is 1.37. The van der Waals surface area contributed by atoms with Gasteiger partial charge < -0.3 is 0 Å². The van der Waals surface area contributed by atoms with Crippen LogP contribution < -0.4 is 0 Å². The van der Waals surface area contributed by atoms with E-state index in [1.807, 2.05) is 11.3 Å². The fourth-order valence-electron chi connectivity index (χ4n) is 1.16. The number of hydrogen-bond acceptors (Lipinski definition) is 1. The zero-order valence-corrected chi connectivity index (χ0v) is 6.00. The molecule has 1 aliphatic rings. The lowest BCUT2D eigenvalue weighted by Crippen LogP contribution is -1.94. The highest BCUT2D eigenvalue weighted by Crippen LogP contribution is 2.26. The Hall–Kier alpha value is -0.300. The average molecular weight is 136 g/mol. The predicted molar refractivity (Wildman–Crippen MR) is 39.6 cm³/mol. The van der Waals surface area contributed by atoms with Crippen molar-refractivity contribution in [2.24, 2.45) is 0 Å². The van der Waals surface area contributed by atoms with Crippen LogP contribution in [0.4, 0.5) is 0 Å². The normalized spacial score (nSPS) is 17.3. The van der Waals surface area contributed by atoms with E-state index in [0.717, 1.165) is 6.42 Å². The van der Waals surface area contributed by atoms with Gasteiger partial charge in [-0.1, -0.05) is 0 Å². The van der Waals surface area contributed by atoms with E-state index in [9.17, 15) is 0 Å². The largest absolute Gasteiger partial charge is 0.149 e. The average Bonchev–Trinajstić information content (AvgIpc) is 2.33. The number of fused-ring (bicyclic) bond motifs is 1. The van der Waals surface area contributed by atoms with Crippen molar-refractivity contribution >= 4 is 11.3 Å². The van der Waals surface area contributed by atoms with E-state index in [-0.39, 0.29) is 0 Å². The third-order valence-corrected chi connectivity index (χ3v) is 2.62. The molecule has 2 radical (unpaired) electrons. The SMILES string of the molecule is [C]1CCCc2sccc21. The van der Waals surface area contributed by atoms with E-state index in [1.165, 1.54) is 23.3 Å². The van der Waals surface area contributed by atoms with Crippen LogP contribution in [0, 0.1) is 6.42 Å². The molecule has 1 aliphatic carbocycles. The first-order chi connectivity index (χ1) is 4.47. The van der Waals surface area contributed by atoms with Gasteiger partial charge in [0.25, 0.3) is 0 Å². The molecule has 0 N–H and O–H groups in total. The highest BCUT2D eigenvalue weighted by Gasteiger charge is 2.09. The van der Waals surface area contributed by atoms with Crippen LogP contribution in [0.3, 0.4) is 0 Å². The van der Waals surface area contributed by atoms with E-state index >= 15 is 0 Å². The molecule has 1 aromatic rings. The summed E-state index contributed by atoms with van der Waals surface area (Å²) in [6.07, 6.45) is 7.09. The van der Waals surface area contributed by atoms with E-state index in [0.29, 0.717) is 0 Å². The van der Waals surface area contributed by atoms with Crippen molar-refractivity contribution in [3.05, 3.63) is 28.3 Å². The first-order valence-electron chi connectivity index (χ1n) is 3.27. The zero-order chi connectivity index (χ0) is 6.10. The van der Waals surface area contributed by atoms with Crippen LogP contribution in [0.5, 0.6) is 0 Å².